The van der Waals surface area contributed by atoms with E-state index in [0.717, 1.165) is 38.5 Å². The Bertz CT molecular complexity index is 347. The zero-order valence-electron chi connectivity index (χ0n) is 14.0. The molecule has 0 unspecified atom stereocenters. The molecule has 0 atom stereocenters. The minimum Gasteiger partial charge on any atom is -0.378 e. The number of aliphatic imine (C=N–C) groups is 1. The third-order valence-corrected chi connectivity index (χ3v) is 3.58. The number of ether oxygens (including phenoxy) is 1. The Morgan fingerprint density at radius 1 is 1.35 bits per heavy atom. The minimum atomic E-state index is -4.16. The molecule has 0 saturated carbocycles. The third-order valence-electron chi connectivity index (χ3n) is 3.58. The molecule has 9 heteroatoms. The van der Waals surface area contributed by atoms with Crippen LogP contribution in [0, 0.1) is 0 Å². The van der Waals surface area contributed by atoms with Gasteiger partial charge in [-0.05, 0) is 26.8 Å². The van der Waals surface area contributed by atoms with Crippen molar-refractivity contribution in [3.63, 3.8) is 0 Å². The molecule has 1 N–H and O–H groups in total. The summed E-state index contributed by atoms with van der Waals surface area (Å²) < 4.78 is 42.3. The highest BCUT2D eigenvalue weighted by molar-refractivity contribution is 14.0. The van der Waals surface area contributed by atoms with E-state index in [2.05, 4.69) is 15.2 Å². The van der Waals surface area contributed by atoms with Crippen LogP contribution >= 0.6 is 24.0 Å². The number of hydrogen-bond acceptors (Lipinski definition) is 3. The Labute approximate surface area is 153 Å². The van der Waals surface area contributed by atoms with Crippen LogP contribution in [-0.2, 0) is 4.74 Å². The van der Waals surface area contributed by atoms with Crippen molar-refractivity contribution in [2.24, 2.45) is 4.99 Å². The normalized spacial score (nSPS) is 17.3. The number of rotatable bonds is 6. The molecule has 1 saturated heterocycles. The van der Waals surface area contributed by atoms with Crippen molar-refractivity contribution >= 4 is 29.9 Å². The number of likely N-dealkylation sites (tertiary alicyclic amines) is 1. The second-order valence-corrected chi connectivity index (χ2v) is 5.47. The number of alkyl halides is 3. The van der Waals surface area contributed by atoms with Crippen LogP contribution in [0.25, 0.3) is 0 Å². The van der Waals surface area contributed by atoms with Gasteiger partial charge in [0, 0.05) is 39.8 Å². The smallest absolute Gasteiger partial charge is 0.378 e. The summed E-state index contributed by atoms with van der Waals surface area (Å²) in [4.78, 5) is 7.58. The predicted octanol–water partition coefficient (Wildman–Crippen LogP) is 2.17. The van der Waals surface area contributed by atoms with E-state index in [0.29, 0.717) is 19.2 Å². The first kappa shape index (κ1) is 22.7. The van der Waals surface area contributed by atoms with Crippen LogP contribution in [-0.4, -0.2) is 81.5 Å². The molecule has 1 heterocycles. The molecule has 0 aromatic rings. The van der Waals surface area contributed by atoms with Gasteiger partial charge < -0.3 is 15.0 Å². The fraction of sp³-hybridized carbons (Fsp3) is 0.929. The van der Waals surface area contributed by atoms with Crippen molar-refractivity contribution in [1.82, 2.24) is 15.1 Å². The number of nitrogens with zero attached hydrogens (tertiary/aromatic N) is 3. The van der Waals surface area contributed by atoms with Gasteiger partial charge in [0.2, 0.25) is 0 Å². The Kier molecular flexibility index (Phi) is 11.2. The number of piperidine rings is 1. The average molecular weight is 452 g/mol. The van der Waals surface area contributed by atoms with Gasteiger partial charge in [0.05, 0.1) is 12.6 Å². The largest absolute Gasteiger partial charge is 0.401 e. The molecule has 138 valence electrons. The topological polar surface area (TPSA) is 40.1 Å². The Morgan fingerprint density at radius 3 is 2.43 bits per heavy atom. The van der Waals surface area contributed by atoms with E-state index >= 15 is 0 Å². The first-order valence-corrected chi connectivity index (χ1v) is 7.68. The second-order valence-electron chi connectivity index (χ2n) is 5.47. The van der Waals surface area contributed by atoms with E-state index in [1.165, 1.54) is 11.9 Å². The molecule has 0 spiro atoms. The summed E-state index contributed by atoms with van der Waals surface area (Å²) in [5.74, 6) is 0.746. The van der Waals surface area contributed by atoms with Gasteiger partial charge in [-0.1, -0.05) is 0 Å². The lowest BCUT2D eigenvalue weighted by Gasteiger charge is -2.34. The SMILES string of the molecule is CCOC1CCN(C(=NC)NCCN(C)CC(F)(F)F)CC1.I. The number of nitrogens with one attached hydrogen (secondary N) is 1. The van der Waals surface area contributed by atoms with Crippen LogP contribution in [0.4, 0.5) is 13.2 Å². The zero-order chi connectivity index (χ0) is 16.6. The summed E-state index contributed by atoms with van der Waals surface area (Å²) in [6.45, 7) is 4.27. The number of likely N-dealkylation sites (N-methyl/N-ethyl adjacent to an activating group) is 1. The van der Waals surface area contributed by atoms with E-state index in [1.807, 2.05) is 6.92 Å². The molecule has 1 fully saturated rings. The van der Waals surface area contributed by atoms with Crippen LogP contribution in [0.15, 0.2) is 4.99 Å². The quantitative estimate of drug-likeness (QED) is 0.381. The minimum absolute atomic E-state index is 0. The molecular weight excluding hydrogens is 424 g/mol. The lowest BCUT2D eigenvalue weighted by molar-refractivity contribution is -0.142. The summed E-state index contributed by atoms with van der Waals surface area (Å²) in [6, 6.07) is 0. The molecular formula is C14H28F3IN4O. The van der Waals surface area contributed by atoms with Crippen LogP contribution in [0.3, 0.4) is 0 Å². The van der Waals surface area contributed by atoms with Crippen LogP contribution in [0.2, 0.25) is 0 Å². The van der Waals surface area contributed by atoms with Gasteiger partial charge in [0.15, 0.2) is 5.96 Å². The molecule has 0 aliphatic carbocycles. The highest BCUT2D eigenvalue weighted by atomic mass is 127. The molecule has 1 rings (SSSR count). The van der Waals surface area contributed by atoms with E-state index in [1.54, 1.807) is 7.05 Å². The first-order chi connectivity index (χ1) is 10.4. The van der Waals surface area contributed by atoms with Crippen LogP contribution in [0.1, 0.15) is 19.8 Å². The predicted molar refractivity (Wildman–Crippen MR) is 96.5 cm³/mol. The van der Waals surface area contributed by atoms with Crippen molar-refractivity contribution < 1.29 is 17.9 Å². The summed E-state index contributed by atoms with van der Waals surface area (Å²) in [5.41, 5.74) is 0. The van der Waals surface area contributed by atoms with E-state index in [9.17, 15) is 13.2 Å². The van der Waals surface area contributed by atoms with Crippen LogP contribution < -0.4 is 5.32 Å². The summed E-state index contributed by atoms with van der Waals surface area (Å²) >= 11 is 0. The van der Waals surface area contributed by atoms with Crippen LogP contribution in [0.5, 0.6) is 0 Å². The summed E-state index contributed by atoms with van der Waals surface area (Å²) in [7, 11) is 3.15. The van der Waals surface area contributed by atoms with Gasteiger partial charge in [0.25, 0.3) is 0 Å². The van der Waals surface area contributed by atoms with Gasteiger partial charge in [-0.2, -0.15) is 13.2 Å². The lowest BCUT2D eigenvalue weighted by atomic mass is 10.1. The fourth-order valence-electron chi connectivity index (χ4n) is 2.55. The maximum absolute atomic E-state index is 12.2. The third kappa shape index (κ3) is 9.55. The van der Waals surface area contributed by atoms with Gasteiger partial charge in [-0.25, -0.2) is 0 Å². The fourth-order valence-corrected chi connectivity index (χ4v) is 2.55. The molecule has 1 aliphatic heterocycles. The standard InChI is InChI=1S/C14H27F3N4O.HI/c1-4-22-12-5-8-21(9-6-12)13(18-2)19-7-10-20(3)11-14(15,16)17;/h12H,4-11H2,1-3H3,(H,18,19);1H. The van der Waals surface area contributed by atoms with Crippen molar-refractivity contribution in [2.45, 2.75) is 32.0 Å². The summed E-state index contributed by atoms with van der Waals surface area (Å²) in [5, 5.41) is 3.13. The summed E-state index contributed by atoms with van der Waals surface area (Å²) in [6.07, 6.45) is -1.96. The monoisotopic (exact) mass is 452 g/mol. The van der Waals surface area contributed by atoms with E-state index < -0.39 is 12.7 Å². The Balaban J connectivity index is 0.00000484. The van der Waals surface area contributed by atoms with Gasteiger partial charge in [-0.3, -0.25) is 9.89 Å². The number of hydrogen-bond donors (Lipinski definition) is 1. The lowest BCUT2D eigenvalue weighted by Crippen LogP contribution is -2.48. The van der Waals surface area contributed by atoms with Gasteiger partial charge >= 0.3 is 6.18 Å². The molecule has 23 heavy (non-hydrogen) atoms. The number of halogens is 4. The Morgan fingerprint density at radius 2 is 1.96 bits per heavy atom. The number of guanidine groups is 1. The van der Waals surface area contributed by atoms with Crippen molar-refractivity contribution in [1.29, 1.82) is 0 Å². The highest BCUT2D eigenvalue weighted by Gasteiger charge is 2.29. The molecule has 5 nitrogen and oxygen atoms in total. The average Bonchev–Trinajstić information content (AvgIpc) is 2.43. The second kappa shape index (κ2) is 11.3. The zero-order valence-corrected chi connectivity index (χ0v) is 16.4. The maximum Gasteiger partial charge on any atom is 0.401 e. The van der Waals surface area contributed by atoms with Gasteiger partial charge in [-0.15, -0.1) is 24.0 Å². The first-order valence-electron chi connectivity index (χ1n) is 7.68. The van der Waals surface area contributed by atoms with E-state index in [4.69, 9.17) is 4.74 Å². The maximum atomic E-state index is 12.2. The highest BCUT2D eigenvalue weighted by Crippen LogP contribution is 2.15. The molecule has 0 aromatic carbocycles. The van der Waals surface area contributed by atoms with E-state index in [-0.39, 0.29) is 24.0 Å². The van der Waals surface area contributed by atoms with Gasteiger partial charge in [0.1, 0.15) is 0 Å². The molecule has 0 bridgehead atoms. The van der Waals surface area contributed by atoms with Crippen molar-refractivity contribution in [3.05, 3.63) is 0 Å². The van der Waals surface area contributed by atoms with Crippen molar-refractivity contribution in [3.8, 4) is 0 Å². The van der Waals surface area contributed by atoms with Crippen molar-refractivity contribution in [2.75, 3.05) is 53.4 Å². The molecule has 0 aromatic heterocycles. The Hall–Kier alpha value is -0.290. The molecule has 1 aliphatic rings. The molecule has 0 radical (unpaired) electrons. The molecule has 0 amide bonds.